The van der Waals surface area contributed by atoms with E-state index in [1.54, 1.807) is 0 Å². The number of hydrogen-bond donors (Lipinski definition) is 0. The molecule has 0 unspecified atom stereocenters. The molecule has 19 heavy (non-hydrogen) atoms. The molecule has 0 aliphatic heterocycles. The molecule has 0 spiro atoms. The van der Waals surface area contributed by atoms with Gasteiger partial charge in [-0.2, -0.15) is 0 Å². The SMILES string of the molecule is FC1CC(Oc2cc[n+](CC3=CCCC=C3)cc2)C1. The van der Waals surface area contributed by atoms with E-state index in [0.29, 0.717) is 12.8 Å². The summed E-state index contributed by atoms with van der Waals surface area (Å²) in [6, 6.07) is 3.91. The molecule has 0 amide bonds. The van der Waals surface area contributed by atoms with Gasteiger partial charge in [0.1, 0.15) is 18.0 Å². The second kappa shape index (κ2) is 5.55. The van der Waals surface area contributed by atoms with E-state index >= 15 is 0 Å². The average Bonchev–Trinajstić information content (AvgIpc) is 2.40. The lowest BCUT2D eigenvalue weighted by Crippen LogP contribution is -2.36. The molecule has 2 nitrogen and oxygen atoms in total. The van der Waals surface area contributed by atoms with Gasteiger partial charge in [0.05, 0.1) is 0 Å². The number of aromatic nitrogens is 1. The van der Waals surface area contributed by atoms with Crippen LogP contribution in [-0.4, -0.2) is 12.3 Å². The molecule has 1 fully saturated rings. The largest absolute Gasteiger partial charge is 0.490 e. The molecule has 1 aromatic rings. The van der Waals surface area contributed by atoms with Gasteiger partial charge in [-0.3, -0.25) is 0 Å². The molecule has 1 saturated carbocycles. The third-order valence-corrected chi connectivity index (χ3v) is 3.64. The van der Waals surface area contributed by atoms with Crippen molar-refractivity contribution in [1.29, 1.82) is 0 Å². The van der Waals surface area contributed by atoms with Gasteiger partial charge in [-0.15, -0.1) is 0 Å². The summed E-state index contributed by atoms with van der Waals surface area (Å²) >= 11 is 0. The van der Waals surface area contributed by atoms with E-state index < -0.39 is 6.17 Å². The van der Waals surface area contributed by atoms with Gasteiger partial charge < -0.3 is 4.74 Å². The minimum atomic E-state index is -0.663. The van der Waals surface area contributed by atoms with Gasteiger partial charge in [0.15, 0.2) is 18.9 Å². The summed E-state index contributed by atoms with van der Waals surface area (Å²) in [5.41, 5.74) is 1.35. The fourth-order valence-corrected chi connectivity index (χ4v) is 2.41. The number of hydrogen-bond acceptors (Lipinski definition) is 1. The van der Waals surface area contributed by atoms with E-state index in [2.05, 4.69) is 22.8 Å². The Morgan fingerprint density at radius 3 is 2.63 bits per heavy atom. The molecule has 0 aromatic carbocycles. The monoisotopic (exact) mass is 260 g/mol. The summed E-state index contributed by atoms with van der Waals surface area (Å²) in [6.07, 6.45) is 13.5. The molecule has 3 heteroatoms. The summed E-state index contributed by atoms with van der Waals surface area (Å²) in [7, 11) is 0. The number of pyridine rings is 1. The highest BCUT2D eigenvalue weighted by atomic mass is 19.1. The lowest BCUT2D eigenvalue weighted by atomic mass is 9.94. The fourth-order valence-electron chi connectivity index (χ4n) is 2.41. The van der Waals surface area contributed by atoms with Crippen LogP contribution in [0.5, 0.6) is 5.75 Å². The van der Waals surface area contributed by atoms with Crippen molar-refractivity contribution >= 4 is 0 Å². The van der Waals surface area contributed by atoms with Crippen LogP contribution < -0.4 is 9.30 Å². The maximum atomic E-state index is 12.7. The van der Waals surface area contributed by atoms with Gasteiger partial charge in [0.25, 0.3) is 0 Å². The zero-order chi connectivity index (χ0) is 13.1. The van der Waals surface area contributed by atoms with Crippen LogP contribution in [0, 0.1) is 0 Å². The molecular formula is C16H19FNO+. The van der Waals surface area contributed by atoms with Gasteiger partial charge in [-0.25, -0.2) is 8.96 Å². The van der Waals surface area contributed by atoms with Gasteiger partial charge in [-0.1, -0.05) is 18.2 Å². The molecule has 0 bridgehead atoms. The third kappa shape index (κ3) is 3.22. The summed E-state index contributed by atoms with van der Waals surface area (Å²) < 4.78 is 20.5. The van der Waals surface area contributed by atoms with Crippen molar-refractivity contribution in [1.82, 2.24) is 0 Å². The Morgan fingerprint density at radius 2 is 2.00 bits per heavy atom. The van der Waals surface area contributed by atoms with Crippen molar-refractivity contribution < 1.29 is 13.7 Å². The molecule has 1 heterocycles. The van der Waals surface area contributed by atoms with E-state index in [9.17, 15) is 4.39 Å². The van der Waals surface area contributed by atoms with Crippen LogP contribution in [0.15, 0.2) is 48.3 Å². The second-order valence-corrected chi connectivity index (χ2v) is 5.27. The topological polar surface area (TPSA) is 13.1 Å². The van der Waals surface area contributed by atoms with Crippen molar-refractivity contribution in [3.8, 4) is 5.75 Å². The summed E-state index contributed by atoms with van der Waals surface area (Å²) in [6.45, 7) is 0.896. The number of halogens is 1. The summed E-state index contributed by atoms with van der Waals surface area (Å²) in [5, 5.41) is 0. The van der Waals surface area contributed by atoms with Crippen molar-refractivity contribution in [2.75, 3.05) is 0 Å². The van der Waals surface area contributed by atoms with Gasteiger partial charge in [-0.05, 0) is 12.8 Å². The van der Waals surface area contributed by atoms with Crippen molar-refractivity contribution in [2.24, 2.45) is 0 Å². The number of nitrogens with zero attached hydrogens (tertiary/aromatic N) is 1. The molecule has 1 aromatic heterocycles. The molecule has 2 aliphatic carbocycles. The lowest BCUT2D eigenvalue weighted by Gasteiger charge is -2.29. The normalized spacial score (nSPS) is 25.6. The standard InChI is InChI=1S/C16H19FNO/c17-14-10-16(11-14)19-15-6-8-18(9-7-15)12-13-4-2-1-3-5-13/h2,4-9,14,16H,1,3,10-12H2/q+1. The zero-order valence-electron chi connectivity index (χ0n) is 11.0. The fraction of sp³-hybridized carbons (Fsp3) is 0.438. The minimum Gasteiger partial charge on any atom is -0.490 e. The maximum Gasteiger partial charge on any atom is 0.173 e. The first-order valence-corrected chi connectivity index (χ1v) is 6.95. The third-order valence-electron chi connectivity index (χ3n) is 3.64. The number of allylic oxidation sites excluding steroid dienone is 4. The molecule has 0 saturated heterocycles. The average molecular weight is 260 g/mol. The van der Waals surface area contributed by atoms with Crippen LogP contribution in [0.1, 0.15) is 25.7 Å². The van der Waals surface area contributed by atoms with Crippen molar-refractivity contribution in [3.05, 3.63) is 48.3 Å². The molecule has 3 rings (SSSR count). The Bertz CT molecular complexity index is 486. The zero-order valence-corrected chi connectivity index (χ0v) is 11.0. The second-order valence-electron chi connectivity index (χ2n) is 5.27. The van der Waals surface area contributed by atoms with E-state index in [4.69, 9.17) is 4.74 Å². The first-order valence-electron chi connectivity index (χ1n) is 6.95. The van der Waals surface area contributed by atoms with Gasteiger partial charge in [0, 0.05) is 30.5 Å². The van der Waals surface area contributed by atoms with E-state index in [1.807, 2.05) is 24.5 Å². The Morgan fingerprint density at radius 1 is 1.21 bits per heavy atom. The molecular weight excluding hydrogens is 241 g/mol. The van der Waals surface area contributed by atoms with E-state index in [1.165, 1.54) is 5.57 Å². The first-order chi connectivity index (χ1) is 9.29. The Labute approximate surface area is 113 Å². The molecule has 0 N–H and O–H groups in total. The number of alkyl halides is 1. The highest BCUT2D eigenvalue weighted by molar-refractivity contribution is 5.21. The Hall–Kier alpha value is -1.64. The maximum absolute atomic E-state index is 12.7. The quantitative estimate of drug-likeness (QED) is 0.758. The predicted octanol–water partition coefficient (Wildman–Crippen LogP) is 3.13. The minimum absolute atomic E-state index is 0.0647. The molecule has 100 valence electrons. The molecule has 2 aliphatic rings. The van der Waals surface area contributed by atoms with Crippen LogP contribution >= 0.6 is 0 Å². The van der Waals surface area contributed by atoms with Gasteiger partial charge >= 0.3 is 0 Å². The highest BCUT2D eigenvalue weighted by Crippen LogP contribution is 2.27. The molecule has 0 radical (unpaired) electrons. The van der Waals surface area contributed by atoms with E-state index in [-0.39, 0.29) is 6.10 Å². The summed E-state index contributed by atoms with van der Waals surface area (Å²) in [5.74, 6) is 0.835. The van der Waals surface area contributed by atoms with Crippen LogP contribution in [0.2, 0.25) is 0 Å². The van der Waals surface area contributed by atoms with Crippen LogP contribution in [-0.2, 0) is 6.54 Å². The highest BCUT2D eigenvalue weighted by Gasteiger charge is 2.30. The van der Waals surface area contributed by atoms with Crippen molar-refractivity contribution in [2.45, 2.75) is 44.5 Å². The number of ether oxygens (including phenoxy) is 1. The van der Waals surface area contributed by atoms with Crippen LogP contribution in [0.4, 0.5) is 4.39 Å². The smallest absolute Gasteiger partial charge is 0.173 e. The van der Waals surface area contributed by atoms with Crippen molar-refractivity contribution in [3.63, 3.8) is 0 Å². The Kier molecular flexibility index (Phi) is 3.62. The Balaban J connectivity index is 1.56. The van der Waals surface area contributed by atoms with E-state index in [0.717, 1.165) is 25.1 Å². The van der Waals surface area contributed by atoms with Crippen LogP contribution in [0.3, 0.4) is 0 Å². The van der Waals surface area contributed by atoms with Crippen LogP contribution in [0.25, 0.3) is 0 Å². The summed E-state index contributed by atoms with van der Waals surface area (Å²) in [4.78, 5) is 0. The molecule has 0 atom stereocenters. The number of rotatable bonds is 4. The van der Waals surface area contributed by atoms with Gasteiger partial charge in [0.2, 0.25) is 0 Å². The lowest BCUT2D eigenvalue weighted by molar-refractivity contribution is -0.688. The first kappa shape index (κ1) is 12.4. The predicted molar refractivity (Wildman–Crippen MR) is 71.6 cm³/mol.